The first kappa shape index (κ1) is 18.2. The molecular weight excluding hydrogens is 356 g/mol. The van der Waals surface area contributed by atoms with Gasteiger partial charge in [0, 0.05) is 37.7 Å². The van der Waals surface area contributed by atoms with Crippen molar-refractivity contribution < 1.29 is 19.1 Å². The third kappa shape index (κ3) is 4.14. The average molecular weight is 375 g/mol. The number of pyridine rings is 1. The zero-order chi connectivity index (χ0) is 18.5. The van der Waals surface area contributed by atoms with E-state index in [0.29, 0.717) is 48.0 Å². The second kappa shape index (κ2) is 8.19. The largest absolute Gasteiger partial charge is 0.473 e. The van der Waals surface area contributed by atoms with Crippen LogP contribution in [0.4, 0.5) is 0 Å². The molecule has 7 heteroatoms. The van der Waals surface area contributed by atoms with Crippen LogP contribution in [0.1, 0.15) is 33.6 Å². The van der Waals surface area contributed by atoms with Gasteiger partial charge in [-0.3, -0.25) is 4.79 Å². The maximum Gasteiger partial charge on any atom is 0.337 e. The number of halogens is 1. The summed E-state index contributed by atoms with van der Waals surface area (Å²) >= 11 is 6.06. The van der Waals surface area contributed by atoms with Gasteiger partial charge in [-0.05, 0) is 36.4 Å². The molecule has 1 aromatic heterocycles. The number of rotatable bonds is 4. The fraction of sp³-hybridized carbons (Fsp3) is 0.316. The molecule has 1 fully saturated rings. The van der Waals surface area contributed by atoms with Crippen LogP contribution in [-0.2, 0) is 4.74 Å². The predicted octanol–water partition coefficient (Wildman–Crippen LogP) is 3.21. The molecule has 0 saturated carbocycles. The summed E-state index contributed by atoms with van der Waals surface area (Å²) in [6.45, 7) is 1.18. The van der Waals surface area contributed by atoms with Gasteiger partial charge in [0.2, 0.25) is 5.88 Å². The Hall–Kier alpha value is -2.60. The highest BCUT2D eigenvalue weighted by atomic mass is 35.5. The van der Waals surface area contributed by atoms with Crippen molar-refractivity contribution >= 4 is 23.5 Å². The molecule has 136 valence electrons. The number of carbonyl (C=O) groups excluding carboxylic acids is 2. The zero-order valence-electron chi connectivity index (χ0n) is 14.4. The molecule has 1 saturated heterocycles. The van der Waals surface area contributed by atoms with E-state index in [0.717, 1.165) is 0 Å². The number of benzene rings is 1. The summed E-state index contributed by atoms with van der Waals surface area (Å²) in [6.07, 6.45) is 3.03. The van der Waals surface area contributed by atoms with Gasteiger partial charge in [-0.2, -0.15) is 0 Å². The van der Waals surface area contributed by atoms with Gasteiger partial charge in [0.05, 0.1) is 12.7 Å². The predicted molar refractivity (Wildman–Crippen MR) is 96.6 cm³/mol. The van der Waals surface area contributed by atoms with Gasteiger partial charge >= 0.3 is 5.97 Å². The number of hydrogen-bond acceptors (Lipinski definition) is 5. The summed E-state index contributed by atoms with van der Waals surface area (Å²) < 4.78 is 10.5. The number of ether oxygens (including phenoxy) is 2. The van der Waals surface area contributed by atoms with E-state index in [1.54, 1.807) is 47.5 Å². The van der Waals surface area contributed by atoms with Crippen LogP contribution >= 0.6 is 11.6 Å². The molecule has 26 heavy (non-hydrogen) atoms. The van der Waals surface area contributed by atoms with Crippen molar-refractivity contribution in [3.8, 4) is 5.88 Å². The molecule has 1 aliphatic rings. The van der Waals surface area contributed by atoms with Crippen LogP contribution in [0.3, 0.4) is 0 Å². The summed E-state index contributed by atoms with van der Waals surface area (Å²) in [5.74, 6) is -0.0526. The Morgan fingerprint density at radius 2 is 1.77 bits per heavy atom. The van der Waals surface area contributed by atoms with Gasteiger partial charge in [0.15, 0.2) is 0 Å². The van der Waals surface area contributed by atoms with Crippen LogP contribution in [0.2, 0.25) is 5.02 Å². The van der Waals surface area contributed by atoms with Crippen LogP contribution in [-0.4, -0.2) is 48.1 Å². The minimum absolute atomic E-state index is 0.0202. The molecule has 0 atom stereocenters. The van der Waals surface area contributed by atoms with E-state index in [1.807, 2.05) is 0 Å². The van der Waals surface area contributed by atoms with E-state index < -0.39 is 5.97 Å². The van der Waals surface area contributed by atoms with Crippen molar-refractivity contribution in [2.45, 2.75) is 18.9 Å². The van der Waals surface area contributed by atoms with Crippen LogP contribution in [0.15, 0.2) is 42.6 Å². The van der Waals surface area contributed by atoms with Gasteiger partial charge in [-0.15, -0.1) is 0 Å². The van der Waals surface area contributed by atoms with Crippen molar-refractivity contribution in [2.24, 2.45) is 0 Å². The van der Waals surface area contributed by atoms with E-state index in [9.17, 15) is 9.59 Å². The normalized spacial score (nSPS) is 14.8. The smallest absolute Gasteiger partial charge is 0.337 e. The lowest BCUT2D eigenvalue weighted by molar-refractivity contribution is 0.0579. The highest BCUT2D eigenvalue weighted by Crippen LogP contribution is 2.24. The number of hydrogen-bond donors (Lipinski definition) is 0. The molecule has 0 radical (unpaired) electrons. The lowest BCUT2D eigenvalue weighted by Gasteiger charge is -2.32. The number of amides is 1. The topological polar surface area (TPSA) is 68.7 Å². The first-order valence-corrected chi connectivity index (χ1v) is 8.71. The number of methoxy groups -OCH3 is 1. The summed E-state index contributed by atoms with van der Waals surface area (Å²) in [7, 11) is 1.33. The van der Waals surface area contributed by atoms with E-state index >= 15 is 0 Å². The van der Waals surface area contributed by atoms with Crippen molar-refractivity contribution in [3.63, 3.8) is 0 Å². The van der Waals surface area contributed by atoms with Gasteiger partial charge in [-0.1, -0.05) is 11.6 Å². The molecule has 1 aliphatic heterocycles. The Labute approximate surface area is 156 Å². The maximum absolute atomic E-state index is 12.6. The molecule has 1 aromatic carbocycles. The van der Waals surface area contributed by atoms with Gasteiger partial charge < -0.3 is 14.4 Å². The Balaban J connectivity index is 1.56. The average Bonchev–Trinajstić information content (AvgIpc) is 2.69. The number of aromatic nitrogens is 1. The third-order valence-corrected chi connectivity index (χ3v) is 4.57. The number of piperidine rings is 1. The van der Waals surface area contributed by atoms with Crippen molar-refractivity contribution in [1.82, 2.24) is 9.88 Å². The number of esters is 1. The molecule has 2 heterocycles. The lowest BCUT2D eigenvalue weighted by atomic mass is 10.1. The zero-order valence-corrected chi connectivity index (χ0v) is 15.1. The molecular formula is C19H19ClN2O4. The van der Waals surface area contributed by atoms with Gasteiger partial charge in [0.1, 0.15) is 11.1 Å². The van der Waals surface area contributed by atoms with Crippen LogP contribution in [0.5, 0.6) is 5.88 Å². The van der Waals surface area contributed by atoms with Crippen LogP contribution in [0, 0.1) is 0 Å². The summed E-state index contributed by atoms with van der Waals surface area (Å²) in [4.78, 5) is 30.0. The monoisotopic (exact) mass is 374 g/mol. The fourth-order valence-electron chi connectivity index (χ4n) is 2.84. The first-order chi connectivity index (χ1) is 12.6. The van der Waals surface area contributed by atoms with E-state index in [1.165, 1.54) is 7.11 Å². The SMILES string of the molecule is COC(=O)c1ccc(C(=O)N2CCC(Oc3ncccc3Cl)CC2)cc1. The van der Waals surface area contributed by atoms with Crippen molar-refractivity contribution in [3.05, 3.63) is 58.7 Å². The minimum Gasteiger partial charge on any atom is -0.473 e. The highest BCUT2D eigenvalue weighted by molar-refractivity contribution is 6.31. The Bertz CT molecular complexity index is 786. The summed E-state index contributed by atoms with van der Waals surface area (Å²) in [5, 5.41) is 0.483. The third-order valence-electron chi connectivity index (χ3n) is 4.29. The molecule has 2 aromatic rings. The number of likely N-dealkylation sites (tertiary alicyclic amines) is 1. The van der Waals surface area contributed by atoms with Gasteiger partial charge in [-0.25, -0.2) is 9.78 Å². The Kier molecular flexibility index (Phi) is 5.73. The quantitative estimate of drug-likeness (QED) is 0.769. The highest BCUT2D eigenvalue weighted by Gasteiger charge is 2.25. The van der Waals surface area contributed by atoms with E-state index in [-0.39, 0.29) is 12.0 Å². The first-order valence-electron chi connectivity index (χ1n) is 8.33. The molecule has 0 aliphatic carbocycles. The van der Waals surface area contributed by atoms with Crippen LogP contribution in [0.25, 0.3) is 0 Å². The number of nitrogens with zero attached hydrogens (tertiary/aromatic N) is 2. The molecule has 1 amide bonds. The second-order valence-electron chi connectivity index (χ2n) is 5.97. The summed E-state index contributed by atoms with van der Waals surface area (Å²) in [5.41, 5.74) is 0.966. The van der Waals surface area contributed by atoms with Gasteiger partial charge in [0.25, 0.3) is 5.91 Å². The lowest BCUT2D eigenvalue weighted by Crippen LogP contribution is -2.41. The fourth-order valence-corrected chi connectivity index (χ4v) is 3.01. The summed E-state index contributed by atoms with van der Waals surface area (Å²) in [6, 6.07) is 9.97. The molecule has 0 bridgehead atoms. The Morgan fingerprint density at radius 3 is 2.38 bits per heavy atom. The number of carbonyl (C=O) groups is 2. The standard InChI is InChI=1S/C19H19ClN2O4/c1-25-19(24)14-6-4-13(5-7-14)18(23)22-11-8-15(9-12-22)26-17-16(20)3-2-10-21-17/h2-7,10,15H,8-9,11-12H2,1H3. The van der Waals surface area contributed by atoms with E-state index in [4.69, 9.17) is 16.3 Å². The molecule has 0 N–H and O–H groups in total. The molecule has 0 spiro atoms. The maximum atomic E-state index is 12.6. The molecule has 3 rings (SSSR count). The second-order valence-corrected chi connectivity index (χ2v) is 6.38. The van der Waals surface area contributed by atoms with Crippen LogP contribution < -0.4 is 4.74 Å². The van der Waals surface area contributed by atoms with E-state index in [2.05, 4.69) is 9.72 Å². The minimum atomic E-state index is -0.421. The van der Waals surface area contributed by atoms with Crippen molar-refractivity contribution in [1.29, 1.82) is 0 Å². The molecule has 6 nitrogen and oxygen atoms in total. The Morgan fingerprint density at radius 1 is 1.12 bits per heavy atom. The molecule has 0 unspecified atom stereocenters. The van der Waals surface area contributed by atoms with Crippen molar-refractivity contribution in [2.75, 3.05) is 20.2 Å².